The molecule has 0 saturated carbocycles. The molecule has 0 unspecified atom stereocenters. The lowest BCUT2D eigenvalue weighted by molar-refractivity contribution is -0.368. The Kier molecular flexibility index (Phi) is 4.64. The SMILES string of the molecule is O=S(=O)(CCC(O)(C(F)(F)F)C(F)(F)F)c1ccccc1. The third-order valence-electron chi connectivity index (χ3n) is 2.77. The van der Waals surface area contributed by atoms with Gasteiger partial charge >= 0.3 is 12.4 Å². The van der Waals surface area contributed by atoms with Gasteiger partial charge in [0.25, 0.3) is 5.60 Å². The average Bonchev–Trinajstić information content (AvgIpc) is 2.34. The minimum atomic E-state index is -6.03. The Hall–Kier alpha value is -1.29. The Morgan fingerprint density at radius 1 is 0.905 bits per heavy atom. The summed E-state index contributed by atoms with van der Waals surface area (Å²) in [5.74, 6) is -1.49. The van der Waals surface area contributed by atoms with Crippen LogP contribution in [0.15, 0.2) is 35.2 Å². The molecule has 10 heteroatoms. The molecule has 21 heavy (non-hydrogen) atoms. The van der Waals surface area contributed by atoms with E-state index in [0.29, 0.717) is 0 Å². The van der Waals surface area contributed by atoms with E-state index in [1.807, 2.05) is 0 Å². The second-order valence-electron chi connectivity index (χ2n) is 4.24. The van der Waals surface area contributed by atoms with Crippen molar-refractivity contribution in [1.82, 2.24) is 0 Å². The van der Waals surface area contributed by atoms with E-state index in [1.165, 1.54) is 18.2 Å². The third-order valence-corrected chi connectivity index (χ3v) is 4.50. The summed E-state index contributed by atoms with van der Waals surface area (Å²) >= 11 is 0. The summed E-state index contributed by atoms with van der Waals surface area (Å²) in [6, 6.07) is 6.05. The van der Waals surface area contributed by atoms with E-state index in [2.05, 4.69) is 0 Å². The summed E-state index contributed by atoms with van der Waals surface area (Å²) in [5.41, 5.74) is -5.07. The lowest BCUT2D eigenvalue weighted by Crippen LogP contribution is -2.57. The van der Waals surface area contributed by atoms with Crippen molar-refractivity contribution in [1.29, 1.82) is 0 Å². The van der Waals surface area contributed by atoms with Crippen LogP contribution in [0.2, 0.25) is 0 Å². The second-order valence-corrected chi connectivity index (χ2v) is 6.35. The highest BCUT2D eigenvalue weighted by Crippen LogP contribution is 2.45. The smallest absolute Gasteiger partial charge is 0.374 e. The van der Waals surface area contributed by atoms with Crippen molar-refractivity contribution in [2.24, 2.45) is 0 Å². The van der Waals surface area contributed by atoms with Crippen LogP contribution in [-0.2, 0) is 9.84 Å². The molecule has 0 aliphatic carbocycles. The molecule has 0 atom stereocenters. The molecule has 0 amide bonds. The number of rotatable bonds is 4. The first kappa shape index (κ1) is 17.8. The van der Waals surface area contributed by atoms with Gasteiger partial charge < -0.3 is 5.11 Å². The number of alkyl halides is 6. The lowest BCUT2D eigenvalue weighted by atomic mass is 10.00. The number of halogens is 6. The maximum atomic E-state index is 12.4. The first-order valence-electron chi connectivity index (χ1n) is 5.45. The average molecular weight is 336 g/mol. The molecule has 0 fully saturated rings. The molecule has 0 saturated heterocycles. The van der Waals surface area contributed by atoms with E-state index < -0.39 is 44.9 Å². The van der Waals surface area contributed by atoms with Crippen LogP contribution in [0.5, 0.6) is 0 Å². The Bertz CT molecular complexity index is 562. The summed E-state index contributed by atoms with van der Waals surface area (Å²) in [7, 11) is -4.37. The fourth-order valence-electron chi connectivity index (χ4n) is 1.47. The Morgan fingerprint density at radius 2 is 1.33 bits per heavy atom. The Balaban J connectivity index is 3.04. The molecular formula is C11H10F6O3S. The van der Waals surface area contributed by atoms with Gasteiger partial charge in [0.15, 0.2) is 9.84 Å². The van der Waals surface area contributed by atoms with Crippen molar-refractivity contribution < 1.29 is 39.9 Å². The van der Waals surface area contributed by atoms with Crippen molar-refractivity contribution in [3.63, 3.8) is 0 Å². The fourth-order valence-corrected chi connectivity index (χ4v) is 2.84. The van der Waals surface area contributed by atoms with Crippen molar-refractivity contribution in [2.75, 3.05) is 5.75 Å². The van der Waals surface area contributed by atoms with Crippen LogP contribution in [0.4, 0.5) is 26.3 Å². The maximum Gasteiger partial charge on any atom is 0.426 e. The first-order chi connectivity index (χ1) is 9.31. The maximum absolute atomic E-state index is 12.4. The number of benzene rings is 1. The predicted molar refractivity (Wildman–Crippen MR) is 60.2 cm³/mol. The van der Waals surface area contributed by atoms with E-state index in [-0.39, 0.29) is 0 Å². The minimum absolute atomic E-state index is 0.420. The van der Waals surface area contributed by atoms with Gasteiger partial charge in [-0.05, 0) is 12.1 Å². The molecule has 0 heterocycles. The molecule has 1 rings (SSSR count). The zero-order valence-corrected chi connectivity index (χ0v) is 11.1. The zero-order valence-electron chi connectivity index (χ0n) is 10.2. The van der Waals surface area contributed by atoms with Crippen LogP contribution in [0.25, 0.3) is 0 Å². The molecule has 1 aromatic carbocycles. The van der Waals surface area contributed by atoms with Crippen molar-refractivity contribution >= 4 is 9.84 Å². The summed E-state index contributed by atoms with van der Waals surface area (Å²) in [6.45, 7) is 0. The van der Waals surface area contributed by atoms with Crippen molar-refractivity contribution in [3.05, 3.63) is 30.3 Å². The highest BCUT2D eigenvalue weighted by molar-refractivity contribution is 7.91. The van der Waals surface area contributed by atoms with E-state index in [0.717, 1.165) is 12.1 Å². The normalized spacial score (nSPS) is 14.2. The Labute approximate surface area is 116 Å². The van der Waals surface area contributed by atoms with Crippen LogP contribution < -0.4 is 0 Å². The lowest BCUT2D eigenvalue weighted by Gasteiger charge is -2.32. The molecular weight excluding hydrogens is 326 g/mol. The van der Waals surface area contributed by atoms with Crippen LogP contribution in [0.3, 0.4) is 0 Å². The van der Waals surface area contributed by atoms with Gasteiger partial charge in [-0.25, -0.2) is 8.42 Å². The summed E-state index contributed by atoms with van der Waals surface area (Å²) in [4.78, 5) is -0.420. The molecule has 0 aliphatic rings. The first-order valence-corrected chi connectivity index (χ1v) is 7.10. The predicted octanol–water partition coefficient (Wildman–Crippen LogP) is 2.71. The number of hydrogen-bond acceptors (Lipinski definition) is 3. The van der Waals surface area contributed by atoms with Crippen molar-refractivity contribution in [2.45, 2.75) is 29.3 Å². The minimum Gasteiger partial charge on any atom is -0.374 e. The molecule has 0 aromatic heterocycles. The number of aliphatic hydroxyl groups is 1. The van der Waals surface area contributed by atoms with Crippen LogP contribution in [0.1, 0.15) is 6.42 Å². The quantitative estimate of drug-likeness (QED) is 0.860. The summed E-state index contributed by atoms with van der Waals surface area (Å²) in [5, 5.41) is 8.88. The van der Waals surface area contributed by atoms with Gasteiger partial charge in [0.1, 0.15) is 0 Å². The molecule has 120 valence electrons. The molecule has 0 aliphatic heterocycles. The molecule has 0 radical (unpaired) electrons. The van der Waals surface area contributed by atoms with E-state index in [1.54, 1.807) is 0 Å². The fraction of sp³-hybridized carbons (Fsp3) is 0.455. The number of hydrogen-bond donors (Lipinski definition) is 1. The standard InChI is InChI=1S/C11H10F6O3S/c12-10(13,14)9(18,11(15,16)17)6-7-21(19,20)8-4-2-1-3-5-8/h1-5,18H,6-7H2. The van der Waals surface area contributed by atoms with Gasteiger partial charge in [0.2, 0.25) is 0 Å². The molecule has 3 nitrogen and oxygen atoms in total. The van der Waals surface area contributed by atoms with Gasteiger partial charge in [-0.3, -0.25) is 0 Å². The Morgan fingerprint density at radius 3 is 1.71 bits per heavy atom. The molecule has 0 bridgehead atoms. The summed E-state index contributed by atoms with van der Waals surface area (Å²) < 4.78 is 97.9. The largest absolute Gasteiger partial charge is 0.426 e. The van der Waals surface area contributed by atoms with Crippen molar-refractivity contribution in [3.8, 4) is 0 Å². The van der Waals surface area contributed by atoms with Gasteiger partial charge in [0.05, 0.1) is 10.6 Å². The molecule has 1 aromatic rings. The van der Waals surface area contributed by atoms with Crippen LogP contribution in [0, 0.1) is 0 Å². The third kappa shape index (κ3) is 3.67. The van der Waals surface area contributed by atoms with Gasteiger partial charge in [-0.2, -0.15) is 26.3 Å². The highest BCUT2D eigenvalue weighted by atomic mass is 32.2. The van der Waals surface area contributed by atoms with E-state index in [9.17, 15) is 34.8 Å². The zero-order chi connectivity index (χ0) is 16.5. The highest BCUT2D eigenvalue weighted by Gasteiger charge is 2.70. The van der Waals surface area contributed by atoms with Gasteiger partial charge in [0, 0.05) is 6.42 Å². The number of sulfone groups is 1. The second kappa shape index (κ2) is 5.48. The van der Waals surface area contributed by atoms with E-state index in [4.69, 9.17) is 5.11 Å². The van der Waals surface area contributed by atoms with Gasteiger partial charge in [-0.1, -0.05) is 18.2 Å². The topological polar surface area (TPSA) is 54.4 Å². The monoisotopic (exact) mass is 336 g/mol. The molecule has 1 N–H and O–H groups in total. The van der Waals surface area contributed by atoms with Crippen LogP contribution >= 0.6 is 0 Å². The van der Waals surface area contributed by atoms with Crippen LogP contribution in [-0.4, -0.2) is 37.2 Å². The van der Waals surface area contributed by atoms with E-state index >= 15 is 0 Å². The van der Waals surface area contributed by atoms with Gasteiger partial charge in [-0.15, -0.1) is 0 Å². The summed E-state index contributed by atoms with van der Waals surface area (Å²) in [6.07, 6.45) is -14.1. The molecule has 0 spiro atoms.